The molecule has 5 heteroatoms. The lowest BCUT2D eigenvalue weighted by molar-refractivity contribution is 0.101. The summed E-state index contributed by atoms with van der Waals surface area (Å²) in [7, 11) is 1.69. The normalized spacial score (nSPS) is 20.6. The molecule has 1 aliphatic carbocycles. The first kappa shape index (κ1) is 17.6. The monoisotopic (exact) mass is 355 g/mol. The molecule has 0 bridgehead atoms. The highest BCUT2D eigenvalue weighted by Gasteiger charge is 2.24. The van der Waals surface area contributed by atoms with Crippen molar-refractivity contribution in [2.75, 3.05) is 26.9 Å². The Morgan fingerprint density at radius 1 is 1.15 bits per heavy atom. The van der Waals surface area contributed by atoms with Crippen LogP contribution < -0.4 is 4.74 Å². The molecule has 0 saturated heterocycles. The van der Waals surface area contributed by atoms with E-state index < -0.39 is 0 Å². The van der Waals surface area contributed by atoms with Gasteiger partial charge in [0.2, 0.25) is 5.88 Å². The van der Waals surface area contributed by atoms with Crippen LogP contribution in [0.5, 0.6) is 5.88 Å². The summed E-state index contributed by atoms with van der Waals surface area (Å²) in [5.74, 6) is 2.18. The van der Waals surface area contributed by atoms with Crippen molar-refractivity contribution in [3.63, 3.8) is 0 Å². The van der Waals surface area contributed by atoms with E-state index in [1.165, 1.54) is 18.5 Å². The van der Waals surface area contributed by atoms with Crippen molar-refractivity contribution in [2.45, 2.75) is 38.9 Å². The van der Waals surface area contributed by atoms with Crippen molar-refractivity contribution >= 4 is 0 Å². The SMILES string of the molecule is COc1ncccc1CN1Cc2cccn2C[C@H](CCOCC2CC2)C1. The average Bonchev–Trinajstić information content (AvgIpc) is 3.41. The van der Waals surface area contributed by atoms with E-state index in [1.807, 2.05) is 6.07 Å². The Morgan fingerprint density at radius 3 is 2.92 bits per heavy atom. The smallest absolute Gasteiger partial charge is 0.217 e. The van der Waals surface area contributed by atoms with E-state index in [4.69, 9.17) is 9.47 Å². The summed E-state index contributed by atoms with van der Waals surface area (Å²) in [6.07, 6.45) is 7.83. The fourth-order valence-corrected chi connectivity index (χ4v) is 3.82. The first-order valence-electron chi connectivity index (χ1n) is 9.74. The molecule has 2 aromatic heterocycles. The van der Waals surface area contributed by atoms with Gasteiger partial charge in [-0.1, -0.05) is 6.07 Å². The van der Waals surface area contributed by atoms with Crippen molar-refractivity contribution in [1.29, 1.82) is 0 Å². The number of aromatic nitrogens is 2. The average molecular weight is 355 g/mol. The second-order valence-electron chi connectivity index (χ2n) is 7.67. The number of fused-ring (bicyclic) bond motifs is 1. The van der Waals surface area contributed by atoms with Crippen LogP contribution in [0.4, 0.5) is 0 Å². The van der Waals surface area contributed by atoms with Gasteiger partial charge in [0.05, 0.1) is 7.11 Å². The maximum Gasteiger partial charge on any atom is 0.217 e. The van der Waals surface area contributed by atoms with E-state index in [0.29, 0.717) is 5.92 Å². The number of hydrogen-bond acceptors (Lipinski definition) is 4. The van der Waals surface area contributed by atoms with Crippen LogP contribution in [0.25, 0.3) is 0 Å². The van der Waals surface area contributed by atoms with Crippen molar-refractivity contribution in [2.24, 2.45) is 11.8 Å². The van der Waals surface area contributed by atoms with Crippen LogP contribution in [0.2, 0.25) is 0 Å². The zero-order chi connectivity index (χ0) is 17.8. The van der Waals surface area contributed by atoms with Crippen LogP contribution >= 0.6 is 0 Å². The second-order valence-corrected chi connectivity index (χ2v) is 7.67. The molecule has 26 heavy (non-hydrogen) atoms. The summed E-state index contributed by atoms with van der Waals surface area (Å²) >= 11 is 0. The Kier molecular flexibility index (Phi) is 5.56. The molecule has 0 unspecified atom stereocenters. The number of nitrogens with zero attached hydrogens (tertiary/aromatic N) is 3. The fourth-order valence-electron chi connectivity index (χ4n) is 3.82. The van der Waals surface area contributed by atoms with E-state index in [0.717, 1.165) is 63.2 Å². The van der Waals surface area contributed by atoms with Gasteiger partial charge < -0.3 is 14.0 Å². The molecule has 3 heterocycles. The third-order valence-corrected chi connectivity index (χ3v) is 5.44. The molecule has 2 aromatic rings. The standard InChI is InChI=1S/C21H29N3O2/c1-25-21-19(4-2-9-22-21)14-23-12-18(8-11-26-16-17-6-7-17)13-24-10-3-5-20(24)15-23/h2-5,9-10,17-18H,6-8,11-16H2,1H3/t18-/m1/s1. The maximum absolute atomic E-state index is 5.90. The Morgan fingerprint density at radius 2 is 2.08 bits per heavy atom. The molecule has 1 atom stereocenters. The molecule has 140 valence electrons. The van der Waals surface area contributed by atoms with Gasteiger partial charge >= 0.3 is 0 Å². The van der Waals surface area contributed by atoms with Crippen molar-refractivity contribution in [1.82, 2.24) is 14.5 Å². The molecule has 0 amide bonds. The van der Waals surface area contributed by atoms with Gasteiger partial charge in [0.25, 0.3) is 0 Å². The van der Waals surface area contributed by atoms with Crippen molar-refractivity contribution in [3.05, 3.63) is 47.9 Å². The molecular weight excluding hydrogens is 326 g/mol. The van der Waals surface area contributed by atoms with Crippen LogP contribution in [0, 0.1) is 11.8 Å². The number of rotatable bonds is 8. The third kappa shape index (κ3) is 4.46. The lowest BCUT2D eigenvalue weighted by Crippen LogP contribution is -2.28. The van der Waals surface area contributed by atoms with E-state index >= 15 is 0 Å². The van der Waals surface area contributed by atoms with Gasteiger partial charge in [-0.05, 0) is 49.3 Å². The predicted octanol–water partition coefficient (Wildman–Crippen LogP) is 3.34. The minimum Gasteiger partial charge on any atom is -0.481 e. The highest BCUT2D eigenvalue weighted by atomic mass is 16.5. The third-order valence-electron chi connectivity index (χ3n) is 5.44. The fraction of sp³-hybridized carbons (Fsp3) is 0.571. The molecule has 1 aliphatic heterocycles. The molecule has 0 radical (unpaired) electrons. The predicted molar refractivity (Wildman–Crippen MR) is 101 cm³/mol. The molecule has 0 N–H and O–H groups in total. The first-order valence-corrected chi connectivity index (χ1v) is 9.74. The highest BCUT2D eigenvalue weighted by Crippen LogP contribution is 2.29. The summed E-state index contributed by atoms with van der Waals surface area (Å²) in [5, 5.41) is 0. The van der Waals surface area contributed by atoms with Crippen molar-refractivity contribution in [3.8, 4) is 5.88 Å². The van der Waals surface area contributed by atoms with Crippen LogP contribution in [0.3, 0.4) is 0 Å². The van der Waals surface area contributed by atoms with Gasteiger partial charge in [-0.15, -0.1) is 0 Å². The molecular formula is C21H29N3O2. The lowest BCUT2D eigenvalue weighted by Gasteiger charge is -2.24. The van der Waals surface area contributed by atoms with Gasteiger partial charge in [0, 0.05) is 63.0 Å². The molecule has 1 saturated carbocycles. The number of hydrogen-bond donors (Lipinski definition) is 0. The van der Waals surface area contributed by atoms with E-state index in [1.54, 1.807) is 13.3 Å². The van der Waals surface area contributed by atoms with Gasteiger partial charge in [-0.2, -0.15) is 0 Å². The Hall–Kier alpha value is -1.85. The van der Waals surface area contributed by atoms with Crippen molar-refractivity contribution < 1.29 is 9.47 Å². The largest absolute Gasteiger partial charge is 0.481 e. The lowest BCUT2D eigenvalue weighted by atomic mass is 10.1. The van der Waals surface area contributed by atoms with Gasteiger partial charge in [0.15, 0.2) is 0 Å². The zero-order valence-corrected chi connectivity index (χ0v) is 15.6. The summed E-state index contributed by atoms with van der Waals surface area (Å²) in [5.41, 5.74) is 2.54. The molecule has 0 aromatic carbocycles. The number of methoxy groups -OCH3 is 1. The summed E-state index contributed by atoms with van der Waals surface area (Å²) in [6, 6.07) is 8.49. The van der Waals surface area contributed by atoms with Crippen LogP contribution in [-0.4, -0.2) is 41.3 Å². The maximum atomic E-state index is 5.90. The van der Waals surface area contributed by atoms with Crippen LogP contribution in [0.15, 0.2) is 36.7 Å². The summed E-state index contributed by atoms with van der Waals surface area (Å²) in [6.45, 7) is 5.81. The minimum absolute atomic E-state index is 0.602. The van der Waals surface area contributed by atoms with E-state index in [2.05, 4.69) is 38.8 Å². The quantitative estimate of drug-likeness (QED) is 0.681. The van der Waals surface area contributed by atoms with E-state index in [9.17, 15) is 0 Å². The highest BCUT2D eigenvalue weighted by molar-refractivity contribution is 5.25. The molecule has 2 aliphatic rings. The zero-order valence-electron chi connectivity index (χ0n) is 15.6. The molecule has 0 spiro atoms. The Bertz CT molecular complexity index is 711. The number of ether oxygens (including phenoxy) is 2. The summed E-state index contributed by atoms with van der Waals surface area (Å²) in [4.78, 5) is 6.87. The minimum atomic E-state index is 0.602. The molecule has 4 rings (SSSR count). The first-order chi connectivity index (χ1) is 12.8. The van der Waals surface area contributed by atoms with Gasteiger partial charge in [-0.25, -0.2) is 4.98 Å². The Labute approximate surface area is 155 Å². The molecule has 1 fully saturated rings. The van der Waals surface area contributed by atoms with Crippen LogP contribution in [0.1, 0.15) is 30.5 Å². The number of pyridine rings is 1. The van der Waals surface area contributed by atoms with Crippen LogP contribution in [-0.2, 0) is 24.4 Å². The topological polar surface area (TPSA) is 39.5 Å². The second kappa shape index (κ2) is 8.23. The van der Waals surface area contributed by atoms with E-state index in [-0.39, 0.29) is 0 Å². The summed E-state index contributed by atoms with van der Waals surface area (Å²) < 4.78 is 13.8. The van der Waals surface area contributed by atoms with Gasteiger partial charge in [-0.3, -0.25) is 4.90 Å². The molecule has 5 nitrogen and oxygen atoms in total. The Balaban J connectivity index is 1.41. The van der Waals surface area contributed by atoms with Gasteiger partial charge in [0.1, 0.15) is 0 Å².